The molecule has 1 heterocycles. The molecule has 2 atom stereocenters. The van der Waals surface area contributed by atoms with Gasteiger partial charge in [0.1, 0.15) is 5.75 Å². The number of dihydropyridines is 1. The predicted molar refractivity (Wildman–Crippen MR) is 155 cm³/mol. The number of hydrogen-bond donors (Lipinski definition) is 2. The van der Waals surface area contributed by atoms with Crippen molar-refractivity contribution in [2.45, 2.75) is 38.5 Å². The summed E-state index contributed by atoms with van der Waals surface area (Å²) < 4.78 is 16.1. The monoisotopic (exact) mass is 538 g/mol. The molecule has 0 aromatic heterocycles. The molecule has 0 bridgehead atoms. The van der Waals surface area contributed by atoms with Gasteiger partial charge < -0.3 is 24.8 Å². The number of rotatable bonds is 7. The third-order valence-electron chi connectivity index (χ3n) is 7.67. The quantitative estimate of drug-likeness (QED) is 0.383. The van der Waals surface area contributed by atoms with Crippen molar-refractivity contribution in [2.24, 2.45) is 0 Å². The average Bonchev–Trinajstić information content (AvgIpc) is 2.96. The van der Waals surface area contributed by atoms with Crippen LogP contribution < -0.4 is 24.8 Å². The normalized spacial score (nSPS) is 18.6. The Hall–Kier alpha value is -4.52. The second kappa shape index (κ2) is 11.3. The van der Waals surface area contributed by atoms with Gasteiger partial charge in [-0.3, -0.25) is 9.59 Å². The van der Waals surface area contributed by atoms with Gasteiger partial charge in [0, 0.05) is 40.6 Å². The summed E-state index contributed by atoms with van der Waals surface area (Å²) in [6.45, 7) is 3.92. The smallest absolute Gasteiger partial charge is 0.254 e. The molecule has 1 aliphatic carbocycles. The van der Waals surface area contributed by atoms with Crippen LogP contribution in [0.4, 0.5) is 5.69 Å². The van der Waals surface area contributed by atoms with Crippen LogP contribution in [-0.2, 0) is 9.59 Å². The van der Waals surface area contributed by atoms with Crippen LogP contribution in [0.2, 0.25) is 0 Å². The van der Waals surface area contributed by atoms with E-state index in [4.69, 9.17) is 14.2 Å². The first kappa shape index (κ1) is 27.1. The van der Waals surface area contributed by atoms with Crippen molar-refractivity contribution >= 4 is 17.4 Å². The van der Waals surface area contributed by atoms with E-state index in [1.165, 1.54) is 0 Å². The van der Waals surface area contributed by atoms with Gasteiger partial charge in [-0.25, -0.2) is 0 Å². The zero-order chi connectivity index (χ0) is 28.4. The zero-order valence-electron chi connectivity index (χ0n) is 23.5. The van der Waals surface area contributed by atoms with Crippen LogP contribution in [0.15, 0.2) is 89.3 Å². The Morgan fingerprint density at radius 3 is 2.27 bits per heavy atom. The molecule has 7 nitrogen and oxygen atoms in total. The lowest BCUT2D eigenvalue weighted by atomic mass is 9.71. The fourth-order valence-electron chi connectivity index (χ4n) is 5.74. The second-order valence-corrected chi connectivity index (χ2v) is 10.2. The number of amides is 1. The number of nitrogens with one attached hydrogen (secondary N) is 2. The number of hydrogen-bond acceptors (Lipinski definition) is 6. The van der Waals surface area contributed by atoms with Crippen molar-refractivity contribution in [2.75, 3.05) is 26.6 Å². The van der Waals surface area contributed by atoms with Crippen LogP contribution in [0, 0.1) is 6.92 Å². The number of ether oxygens (including phenoxy) is 3. The average molecular weight is 539 g/mol. The SMILES string of the molecule is COc1ccc(NC(=O)C2=C(C)NC3=C(C(=O)C[C@H](c4ccc(OC)c(OC)c4)C3)[C@H]2c2cccc(C)c2)cc1. The van der Waals surface area contributed by atoms with Crippen LogP contribution in [0.3, 0.4) is 0 Å². The van der Waals surface area contributed by atoms with Gasteiger partial charge in [0.15, 0.2) is 17.3 Å². The van der Waals surface area contributed by atoms with Gasteiger partial charge in [0.2, 0.25) is 0 Å². The number of anilines is 1. The van der Waals surface area contributed by atoms with E-state index in [-0.39, 0.29) is 17.6 Å². The molecule has 0 fully saturated rings. The maximum absolute atomic E-state index is 13.9. The van der Waals surface area contributed by atoms with Gasteiger partial charge in [-0.15, -0.1) is 0 Å². The van der Waals surface area contributed by atoms with Gasteiger partial charge in [-0.1, -0.05) is 35.9 Å². The molecule has 3 aromatic rings. The summed E-state index contributed by atoms with van der Waals surface area (Å²) in [6, 6.07) is 21.0. The Balaban J connectivity index is 1.53. The first-order valence-electron chi connectivity index (χ1n) is 13.3. The Morgan fingerprint density at radius 1 is 0.850 bits per heavy atom. The van der Waals surface area contributed by atoms with Crippen LogP contribution in [0.1, 0.15) is 48.3 Å². The molecule has 0 spiro atoms. The lowest BCUT2D eigenvalue weighted by molar-refractivity contribution is -0.116. The number of carbonyl (C=O) groups is 2. The number of methoxy groups -OCH3 is 3. The summed E-state index contributed by atoms with van der Waals surface area (Å²) in [6.07, 6.45) is 0.980. The van der Waals surface area contributed by atoms with E-state index in [1.807, 2.05) is 50.2 Å². The molecule has 2 N–H and O–H groups in total. The lowest BCUT2D eigenvalue weighted by Gasteiger charge is -2.37. The molecule has 7 heteroatoms. The Labute approximate surface area is 234 Å². The van der Waals surface area contributed by atoms with Crippen molar-refractivity contribution in [1.29, 1.82) is 0 Å². The molecule has 206 valence electrons. The minimum absolute atomic E-state index is 0.0285. The van der Waals surface area contributed by atoms with Crippen LogP contribution in [0.25, 0.3) is 0 Å². The molecule has 3 aromatic carbocycles. The molecule has 1 amide bonds. The third kappa shape index (κ3) is 5.19. The van der Waals surface area contributed by atoms with E-state index >= 15 is 0 Å². The highest BCUT2D eigenvalue weighted by molar-refractivity contribution is 6.10. The summed E-state index contributed by atoms with van der Waals surface area (Å²) in [5.41, 5.74) is 6.45. The minimum Gasteiger partial charge on any atom is -0.497 e. The van der Waals surface area contributed by atoms with Gasteiger partial charge in [0.25, 0.3) is 5.91 Å². The molecular weight excluding hydrogens is 504 g/mol. The third-order valence-corrected chi connectivity index (χ3v) is 7.67. The molecule has 0 saturated heterocycles. The van der Waals surface area contributed by atoms with Crippen molar-refractivity contribution < 1.29 is 23.8 Å². The first-order chi connectivity index (χ1) is 19.3. The lowest BCUT2D eigenvalue weighted by Crippen LogP contribution is -2.37. The highest BCUT2D eigenvalue weighted by Gasteiger charge is 2.41. The fraction of sp³-hybridized carbons (Fsp3) is 0.273. The standard InChI is InChI=1S/C33H34N2O5/c1-19-7-6-8-22(15-19)31-30(33(37)35-24-10-12-25(38-3)13-11-24)20(2)34-26-16-23(17-27(36)32(26)31)21-9-14-28(39-4)29(18-21)40-5/h6-15,18,23,31,34H,16-17H2,1-5H3,(H,35,37)/t23-,31+/m1/s1. The van der Waals surface area contributed by atoms with Gasteiger partial charge >= 0.3 is 0 Å². The minimum atomic E-state index is -0.478. The van der Waals surface area contributed by atoms with Crippen LogP contribution in [-0.4, -0.2) is 33.0 Å². The summed E-state index contributed by atoms with van der Waals surface area (Å²) in [4.78, 5) is 27.7. The number of aryl methyl sites for hydroxylation is 1. The molecule has 2 aliphatic rings. The molecule has 5 rings (SSSR count). The summed E-state index contributed by atoms with van der Waals surface area (Å²) >= 11 is 0. The Bertz CT molecular complexity index is 1520. The number of Topliss-reactive ketones (excluding diaryl/α,β-unsaturated/α-hetero) is 1. The van der Waals surface area contributed by atoms with E-state index in [1.54, 1.807) is 45.6 Å². The Kier molecular flexibility index (Phi) is 7.65. The zero-order valence-corrected chi connectivity index (χ0v) is 23.5. The molecule has 40 heavy (non-hydrogen) atoms. The highest BCUT2D eigenvalue weighted by Crippen LogP contribution is 2.46. The maximum atomic E-state index is 13.9. The van der Waals surface area contributed by atoms with Crippen LogP contribution in [0.5, 0.6) is 17.2 Å². The van der Waals surface area contributed by atoms with Gasteiger partial charge in [-0.2, -0.15) is 0 Å². The van der Waals surface area contributed by atoms with E-state index in [9.17, 15) is 9.59 Å². The van der Waals surface area contributed by atoms with Gasteiger partial charge in [-0.05, 0) is 73.7 Å². The van der Waals surface area contributed by atoms with E-state index in [2.05, 4.69) is 16.7 Å². The van der Waals surface area contributed by atoms with E-state index in [0.717, 1.165) is 28.1 Å². The van der Waals surface area contributed by atoms with Crippen molar-refractivity contribution in [1.82, 2.24) is 5.32 Å². The largest absolute Gasteiger partial charge is 0.497 e. The number of allylic oxidation sites excluding steroid dienone is 3. The first-order valence-corrected chi connectivity index (χ1v) is 13.3. The fourth-order valence-corrected chi connectivity index (χ4v) is 5.74. The highest BCUT2D eigenvalue weighted by atomic mass is 16.5. The second-order valence-electron chi connectivity index (χ2n) is 10.2. The molecule has 0 radical (unpaired) electrons. The van der Waals surface area contributed by atoms with E-state index < -0.39 is 5.92 Å². The summed E-state index contributed by atoms with van der Waals surface area (Å²) in [5, 5.41) is 6.47. The number of ketones is 1. The predicted octanol–water partition coefficient (Wildman–Crippen LogP) is 6.02. The summed E-state index contributed by atoms with van der Waals surface area (Å²) in [7, 11) is 4.81. The van der Waals surface area contributed by atoms with Crippen molar-refractivity contribution in [3.8, 4) is 17.2 Å². The Morgan fingerprint density at radius 2 is 1.60 bits per heavy atom. The summed E-state index contributed by atoms with van der Waals surface area (Å²) in [5.74, 6) is 1.26. The molecular formula is C33H34N2O5. The van der Waals surface area contributed by atoms with E-state index in [0.29, 0.717) is 46.9 Å². The molecule has 1 aliphatic heterocycles. The molecule has 0 unspecified atom stereocenters. The van der Waals surface area contributed by atoms with Crippen LogP contribution >= 0.6 is 0 Å². The van der Waals surface area contributed by atoms with Crippen molar-refractivity contribution in [3.05, 3.63) is 106 Å². The number of benzene rings is 3. The van der Waals surface area contributed by atoms with Crippen molar-refractivity contribution in [3.63, 3.8) is 0 Å². The number of carbonyl (C=O) groups excluding carboxylic acids is 2. The topological polar surface area (TPSA) is 85.9 Å². The van der Waals surface area contributed by atoms with Gasteiger partial charge in [0.05, 0.1) is 21.3 Å². The molecule has 0 saturated carbocycles. The maximum Gasteiger partial charge on any atom is 0.254 e.